The standard InChI is InChI=1S/C18H19ClN2O5S/c1-21(27(2,23)24)12-7-8-14(15(19)9-12)18(22)20-10-13-11-25-16-5-3-4-6-17(16)26-13/h3-9,13H,10-11H2,1-2H3,(H,20,22)/t13-/m0/s1. The van der Waals surface area contributed by atoms with E-state index >= 15 is 0 Å². The zero-order valence-electron chi connectivity index (χ0n) is 14.8. The van der Waals surface area contributed by atoms with Gasteiger partial charge in [0, 0.05) is 7.05 Å². The van der Waals surface area contributed by atoms with Crippen molar-refractivity contribution in [3.05, 3.63) is 53.1 Å². The molecular weight excluding hydrogens is 392 g/mol. The molecular formula is C18H19ClN2O5S. The molecule has 7 nitrogen and oxygen atoms in total. The number of anilines is 1. The molecule has 0 bridgehead atoms. The van der Waals surface area contributed by atoms with Crippen LogP contribution in [0.15, 0.2) is 42.5 Å². The van der Waals surface area contributed by atoms with Gasteiger partial charge in [0.1, 0.15) is 12.7 Å². The van der Waals surface area contributed by atoms with Crippen LogP contribution in [0.2, 0.25) is 5.02 Å². The molecule has 1 amide bonds. The van der Waals surface area contributed by atoms with E-state index in [-0.39, 0.29) is 29.1 Å². The van der Waals surface area contributed by atoms with Crippen molar-refractivity contribution in [3.8, 4) is 11.5 Å². The number of nitrogens with one attached hydrogen (secondary N) is 1. The minimum atomic E-state index is -3.41. The van der Waals surface area contributed by atoms with Crippen LogP contribution >= 0.6 is 11.6 Å². The van der Waals surface area contributed by atoms with Crippen LogP contribution < -0.4 is 19.1 Å². The first-order chi connectivity index (χ1) is 12.8. The SMILES string of the molecule is CN(c1ccc(C(=O)NC[C@H]2COc3ccccc3O2)c(Cl)c1)S(C)(=O)=O. The molecule has 1 aliphatic heterocycles. The van der Waals surface area contributed by atoms with Gasteiger partial charge in [-0.1, -0.05) is 23.7 Å². The molecule has 2 aromatic rings. The first-order valence-corrected chi connectivity index (χ1v) is 10.4. The number of amides is 1. The molecule has 1 atom stereocenters. The quantitative estimate of drug-likeness (QED) is 0.817. The predicted molar refractivity (Wildman–Crippen MR) is 103 cm³/mol. The molecule has 144 valence electrons. The average molecular weight is 411 g/mol. The van der Waals surface area contributed by atoms with Gasteiger partial charge >= 0.3 is 0 Å². The van der Waals surface area contributed by atoms with E-state index in [9.17, 15) is 13.2 Å². The number of fused-ring (bicyclic) bond motifs is 1. The van der Waals surface area contributed by atoms with Crippen LogP contribution in [0, 0.1) is 0 Å². The highest BCUT2D eigenvalue weighted by Gasteiger charge is 2.22. The number of halogens is 1. The molecule has 0 saturated carbocycles. The minimum absolute atomic E-state index is 0.159. The number of ether oxygens (including phenoxy) is 2. The summed E-state index contributed by atoms with van der Waals surface area (Å²) in [5.74, 6) is 0.930. The Morgan fingerprint density at radius 2 is 1.96 bits per heavy atom. The summed E-state index contributed by atoms with van der Waals surface area (Å²) in [5, 5.41) is 2.92. The van der Waals surface area contributed by atoms with E-state index in [1.807, 2.05) is 18.2 Å². The molecule has 1 N–H and O–H groups in total. The van der Waals surface area contributed by atoms with Crippen LogP contribution in [0.5, 0.6) is 11.5 Å². The monoisotopic (exact) mass is 410 g/mol. The van der Waals surface area contributed by atoms with Gasteiger partial charge in [-0.25, -0.2) is 8.42 Å². The van der Waals surface area contributed by atoms with Crippen LogP contribution in [0.3, 0.4) is 0 Å². The van der Waals surface area contributed by atoms with E-state index in [1.54, 1.807) is 6.07 Å². The number of para-hydroxylation sites is 2. The summed E-state index contributed by atoms with van der Waals surface area (Å²) in [6, 6.07) is 11.8. The number of hydrogen-bond acceptors (Lipinski definition) is 5. The van der Waals surface area contributed by atoms with Crippen molar-refractivity contribution in [2.45, 2.75) is 6.10 Å². The Labute approximate surface area is 162 Å². The summed E-state index contributed by atoms with van der Waals surface area (Å²) in [6.07, 6.45) is 0.768. The molecule has 2 aromatic carbocycles. The fourth-order valence-electron chi connectivity index (χ4n) is 2.54. The Morgan fingerprint density at radius 3 is 2.63 bits per heavy atom. The van der Waals surface area contributed by atoms with Crippen LogP contribution in [-0.2, 0) is 10.0 Å². The molecule has 0 aliphatic carbocycles. The van der Waals surface area contributed by atoms with Crippen LogP contribution in [0.25, 0.3) is 0 Å². The lowest BCUT2D eigenvalue weighted by atomic mass is 10.2. The second-order valence-electron chi connectivity index (χ2n) is 6.10. The number of hydrogen-bond donors (Lipinski definition) is 1. The molecule has 0 radical (unpaired) electrons. The number of carbonyl (C=O) groups excluding carboxylic acids is 1. The molecule has 0 spiro atoms. The molecule has 27 heavy (non-hydrogen) atoms. The molecule has 0 unspecified atom stereocenters. The zero-order valence-corrected chi connectivity index (χ0v) is 16.4. The number of benzene rings is 2. The highest BCUT2D eigenvalue weighted by Crippen LogP contribution is 2.30. The molecule has 3 rings (SSSR count). The normalized spacial score (nSPS) is 15.9. The smallest absolute Gasteiger partial charge is 0.252 e. The average Bonchev–Trinajstić information content (AvgIpc) is 2.64. The van der Waals surface area contributed by atoms with E-state index in [0.717, 1.165) is 10.6 Å². The fourth-order valence-corrected chi connectivity index (χ4v) is 3.30. The number of sulfonamides is 1. The second kappa shape index (κ2) is 7.66. The number of carbonyl (C=O) groups is 1. The van der Waals surface area contributed by atoms with Gasteiger partial charge < -0.3 is 14.8 Å². The molecule has 0 saturated heterocycles. The molecule has 1 aliphatic rings. The fraction of sp³-hybridized carbons (Fsp3) is 0.278. The van der Waals surface area contributed by atoms with E-state index in [1.165, 1.54) is 25.2 Å². The van der Waals surface area contributed by atoms with Crippen molar-refractivity contribution >= 4 is 33.2 Å². The van der Waals surface area contributed by atoms with Crippen LogP contribution in [0.1, 0.15) is 10.4 Å². The van der Waals surface area contributed by atoms with E-state index in [0.29, 0.717) is 23.8 Å². The second-order valence-corrected chi connectivity index (χ2v) is 8.52. The lowest BCUT2D eigenvalue weighted by Crippen LogP contribution is -2.40. The molecule has 9 heteroatoms. The number of rotatable bonds is 5. The molecule has 0 aromatic heterocycles. The third-order valence-corrected chi connectivity index (χ3v) is 5.63. The Bertz CT molecular complexity index is 964. The molecule has 0 fully saturated rings. The van der Waals surface area contributed by atoms with Crippen molar-refractivity contribution in [1.29, 1.82) is 0 Å². The third kappa shape index (κ3) is 4.45. The van der Waals surface area contributed by atoms with E-state index in [4.69, 9.17) is 21.1 Å². The number of nitrogens with zero attached hydrogens (tertiary/aromatic N) is 1. The zero-order chi connectivity index (χ0) is 19.6. The van der Waals surface area contributed by atoms with Gasteiger partial charge in [0.25, 0.3) is 5.91 Å². The first kappa shape index (κ1) is 19.3. The van der Waals surface area contributed by atoms with Gasteiger partial charge in [-0.05, 0) is 30.3 Å². The van der Waals surface area contributed by atoms with Gasteiger partial charge in [0.15, 0.2) is 11.5 Å². The lowest BCUT2D eigenvalue weighted by molar-refractivity contribution is 0.0789. The van der Waals surface area contributed by atoms with Gasteiger partial charge in [-0.2, -0.15) is 0 Å². The minimum Gasteiger partial charge on any atom is -0.486 e. The van der Waals surface area contributed by atoms with Gasteiger partial charge in [0.05, 0.1) is 29.1 Å². The predicted octanol–water partition coefficient (Wildman–Crippen LogP) is 2.31. The summed E-state index contributed by atoms with van der Waals surface area (Å²) >= 11 is 6.17. The highest BCUT2D eigenvalue weighted by atomic mass is 35.5. The summed E-state index contributed by atoms with van der Waals surface area (Å²) in [4.78, 5) is 12.4. The summed E-state index contributed by atoms with van der Waals surface area (Å²) in [5.41, 5.74) is 0.624. The van der Waals surface area contributed by atoms with Gasteiger partial charge in [0.2, 0.25) is 10.0 Å². The van der Waals surface area contributed by atoms with Crippen LogP contribution in [0.4, 0.5) is 5.69 Å². The van der Waals surface area contributed by atoms with E-state index in [2.05, 4.69) is 5.32 Å². The molecule has 1 heterocycles. The summed E-state index contributed by atoms with van der Waals surface area (Å²) in [6.45, 7) is 0.567. The van der Waals surface area contributed by atoms with Crippen molar-refractivity contribution in [2.75, 3.05) is 30.8 Å². The largest absolute Gasteiger partial charge is 0.486 e. The maximum Gasteiger partial charge on any atom is 0.252 e. The Morgan fingerprint density at radius 1 is 1.26 bits per heavy atom. The van der Waals surface area contributed by atoms with Crippen molar-refractivity contribution in [2.24, 2.45) is 0 Å². The highest BCUT2D eigenvalue weighted by molar-refractivity contribution is 7.92. The summed E-state index contributed by atoms with van der Waals surface area (Å²) in [7, 11) is -2.00. The van der Waals surface area contributed by atoms with Gasteiger partial charge in [-0.3, -0.25) is 9.10 Å². The third-order valence-electron chi connectivity index (χ3n) is 4.12. The van der Waals surface area contributed by atoms with Crippen molar-refractivity contribution in [3.63, 3.8) is 0 Å². The lowest BCUT2D eigenvalue weighted by Gasteiger charge is -2.26. The Balaban J connectivity index is 1.63. The Hall–Kier alpha value is -2.45. The maximum atomic E-state index is 12.4. The first-order valence-electron chi connectivity index (χ1n) is 8.16. The van der Waals surface area contributed by atoms with E-state index < -0.39 is 10.0 Å². The van der Waals surface area contributed by atoms with Crippen LogP contribution in [-0.4, -0.2) is 46.9 Å². The maximum absolute atomic E-state index is 12.4. The topological polar surface area (TPSA) is 84.9 Å². The Kier molecular flexibility index (Phi) is 5.48. The van der Waals surface area contributed by atoms with Crippen molar-refractivity contribution < 1.29 is 22.7 Å². The van der Waals surface area contributed by atoms with Crippen molar-refractivity contribution in [1.82, 2.24) is 5.32 Å². The summed E-state index contributed by atoms with van der Waals surface area (Å²) < 4.78 is 35.7. The van der Waals surface area contributed by atoms with Gasteiger partial charge in [-0.15, -0.1) is 0 Å².